The zero-order chi connectivity index (χ0) is 20.1. The van der Waals surface area contributed by atoms with Crippen LogP contribution in [0.15, 0.2) is 28.7 Å². The van der Waals surface area contributed by atoms with Crippen molar-refractivity contribution in [3.8, 4) is 6.07 Å². The molecule has 0 spiro atoms. The van der Waals surface area contributed by atoms with Crippen molar-refractivity contribution in [1.82, 2.24) is 4.90 Å². The van der Waals surface area contributed by atoms with Gasteiger partial charge in [0.15, 0.2) is 10.8 Å². The van der Waals surface area contributed by atoms with E-state index in [0.717, 1.165) is 36.6 Å². The first-order valence-corrected chi connectivity index (χ1v) is 10.5. The van der Waals surface area contributed by atoms with Crippen LogP contribution in [0.5, 0.6) is 0 Å². The van der Waals surface area contributed by atoms with Crippen molar-refractivity contribution in [3.05, 3.63) is 34.3 Å². The summed E-state index contributed by atoms with van der Waals surface area (Å²) in [5, 5.41) is 10.1. The standard InChI is InChI=1S/C21H21BrN2O4/c1-2-28-19(27)21-16(13-8-10-14(22)11-9-13)20(21,12-23)17(25)24(18(21)26)15-6-4-3-5-7-15/h8-11,15-16H,2-7H2,1H3. The Bertz CT molecular complexity index is 887. The Morgan fingerprint density at radius 3 is 2.43 bits per heavy atom. The molecule has 146 valence electrons. The Hall–Kier alpha value is -2.20. The second-order valence-corrected chi connectivity index (χ2v) is 8.62. The molecule has 1 heterocycles. The van der Waals surface area contributed by atoms with Gasteiger partial charge in [0.1, 0.15) is 0 Å². The fourth-order valence-corrected chi connectivity index (χ4v) is 5.43. The first-order valence-electron chi connectivity index (χ1n) is 9.68. The highest BCUT2D eigenvalue weighted by molar-refractivity contribution is 9.10. The lowest BCUT2D eigenvalue weighted by molar-refractivity contribution is -0.157. The normalized spacial score (nSPS) is 32.0. The van der Waals surface area contributed by atoms with Crippen LogP contribution >= 0.6 is 15.9 Å². The van der Waals surface area contributed by atoms with Gasteiger partial charge < -0.3 is 4.74 Å². The molecule has 3 atom stereocenters. The summed E-state index contributed by atoms with van der Waals surface area (Å²) in [5.41, 5.74) is -2.84. The van der Waals surface area contributed by atoms with Gasteiger partial charge in [0.25, 0.3) is 5.91 Å². The molecule has 3 aliphatic rings. The minimum Gasteiger partial charge on any atom is -0.465 e. The average Bonchev–Trinajstić information content (AvgIpc) is 3.29. The number of piperidine rings is 1. The van der Waals surface area contributed by atoms with Crippen molar-refractivity contribution in [3.63, 3.8) is 0 Å². The second-order valence-electron chi connectivity index (χ2n) is 7.71. The number of likely N-dealkylation sites (tertiary alicyclic amines) is 1. The molecule has 3 unspecified atom stereocenters. The highest BCUT2D eigenvalue weighted by Crippen LogP contribution is 2.79. The van der Waals surface area contributed by atoms with Crippen LogP contribution in [0.4, 0.5) is 0 Å². The highest BCUT2D eigenvalue weighted by atomic mass is 79.9. The predicted octanol–water partition coefficient (Wildman–Crippen LogP) is 3.31. The summed E-state index contributed by atoms with van der Waals surface area (Å²) in [6.07, 6.45) is 4.38. The van der Waals surface area contributed by atoms with Crippen molar-refractivity contribution < 1.29 is 19.1 Å². The van der Waals surface area contributed by atoms with Gasteiger partial charge in [0.2, 0.25) is 5.91 Å². The van der Waals surface area contributed by atoms with Gasteiger partial charge in [0, 0.05) is 16.4 Å². The quantitative estimate of drug-likeness (QED) is 0.403. The number of nitrogens with zero attached hydrogens (tertiary/aromatic N) is 2. The Kier molecular flexibility index (Phi) is 4.58. The topological polar surface area (TPSA) is 87.5 Å². The fraction of sp³-hybridized carbons (Fsp3) is 0.524. The Morgan fingerprint density at radius 1 is 1.21 bits per heavy atom. The van der Waals surface area contributed by atoms with Gasteiger partial charge in [-0.3, -0.25) is 19.3 Å². The number of nitriles is 1. The molecular formula is C21H21BrN2O4. The van der Waals surface area contributed by atoms with Gasteiger partial charge in [-0.05, 0) is 37.5 Å². The van der Waals surface area contributed by atoms with Crippen LogP contribution in [0, 0.1) is 22.2 Å². The van der Waals surface area contributed by atoms with E-state index >= 15 is 0 Å². The van der Waals surface area contributed by atoms with Crippen molar-refractivity contribution in [1.29, 1.82) is 5.26 Å². The number of benzene rings is 1. The Labute approximate surface area is 172 Å². The summed E-state index contributed by atoms with van der Waals surface area (Å²) in [4.78, 5) is 41.2. The fourth-order valence-electron chi connectivity index (χ4n) is 5.17. The number of hydrogen-bond donors (Lipinski definition) is 0. The van der Waals surface area contributed by atoms with Crippen LogP contribution in [-0.4, -0.2) is 35.3 Å². The lowest BCUT2D eigenvalue weighted by atomic mass is 9.92. The number of esters is 1. The van der Waals surface area contributed by atoms with Crippen LogP contribution in [0.3, 0.4) is 0 Å². The van der Waals surface area contributed by atoms with Gasteiger partial charge in [0.05, 0.1) is 12.7 Å². The SMILES string of the molecule is CCOC(=O)C12C(=O)N(C3CCCCC3)C(=O)C1(C#N)C2c1ccc(Br)cc1. The number of carbonyl (C=O) groups is 3. The molecule has 0 radical (unpaired) electrons. The molecule has 0 aromatic heterocycles. The van der Waals surface area contributed by atoms with E-state index in [4.69, 9.17) is 4.74 Å². The van der Waals surface area contributed by atoms with Crippen LogP contribution in [0.1, 0.15) is 50.5 Å². The zero-order valence-electron chi connectivity index (χ0n) is 15.6. The van der Waals surface area contributed by atoms with E-state index in [9.17, 15) is 19.6 Å². The van der Waals surface area contributed by atoms with Crippen LogP contribution in [-0.2, 0) is 19.1 Å². The molecule has 0 bridgehead atoms. The minimum absolute atomic E-state index is 0.0834. The third-order valence-electron chi connectivity index (χ3n) is 6.43. The van der Waals surface area contributed by atoms with Crippen molar-refractivity contribution in [2.24, 2.45) is 10.8 Å². The number of halogens is 1. The molecule has 2 amide bonds. The number of imide groups is 1. The third-order valence-corrected chi connectivity index (χ3v) is 6.96. The molecule has 2 aliphatic carbocycles. The number of fused-ring (bicyclic) bond motifs is 1. The van der Waals surface area contributed by atoms with Crippen LogP contribution < -0.4 is 0 Å². The Morgan fingerprint density at radius 2 is 1.86 bits per heavy atom. The van der Waals surface area contributed by atoms with E-state index in [1.165, 1.54) is 4.90 Å². The van der Waals surface area contributed by atoms with Gasteiger partial charge in [-0.2, -0.15) is 5.26 Å². The van der Waals surface area contributed by atoms with E-state index in [2.05, 4.69) is 22.0 Å². The van der Waals surface area contributed by atoms with Gasteiger partial charge in [-0.15, -0.1) is 0 Å². The van der Waals surface area contributed by atoms with Crippen molar-refractivity contribution >= 4 is 33.7 Å². The highest BCUT2D eigenvalue weighted by Gasteiger charge is 2.95. The summed E-state index contributed by atoms with van der Waals surface area (Å²) < 4.78 is 6.06. The molecule has 2 saturated carbocycles. The maximum Gasteiger partial charge on any atom is 0.324 e. The largest absolute Gasteiger partial charge is 0.465 e. The first-order chi connectivity index (χ1) is 13.5. The maximum atomic E-state index is 13.6. The van der Waals surface area contributed by atoms with Crippen LogP contribution in [0.2, 0.25) is 0 Å². The van der Waals surface area contributed by atoms with Crippen LogP contribution in [0.25, 0.3) is 0 Å². The molecular weight excluding hydrogens is 424 g/mol. The van der Waals surface area contributed by atoms with E-state index in [-0.39, 0.29) is 12.6 Å². The molecule has 1 aromatic rings. The average molecular weight is 445 g/mol. The summed E-state index contributed by atoms with van der Waals surface area (Å²) in [5.74, 6) is -2.66. The molecule has 1 aromatic carbocycles. The summed E-state index contributed by atoms with van der Waals surface area (Å²) in [6.45, 7) is 1.74. The van der Waals surface area contributed by atoms with E-state index in [0.29, 0.717) is 5.56 Å². The molecule has 3 fully saturated rings. The van der Waals surface area contributed by atoms with E-state index < -0.39 is 34.5 Å². The van der Waals surface area contributed by atoms with Gasteiger partial charge in [-0.1, -0.05) is 47.3 Å². The smallest absolute Gasteiger partial charge is 0.324 e. The van der Waals surface area contributed by atoms with Gasteiger partial charge >= 0.3 is 5.97 Å². The number of carbonyl (C=O) groups excluding carboxylic acids is 3. The van der Waals surface area contributed by atoms with E-state index in [1.807, 2.05) is 0 Å². The lowest BCUT2D eigenvalue weighted by Crippen LogP contribution is -2.47. The monoisotopic (exact) mass is 444 g/mol. The lowest BCUT2D eigenvalue weighted by Gasteiger charge is -2.32. The first kappa shape index (κ1) is 19.1. The minimum atomic E-state index is -1.76. The Balaban J connectivity index is 1.82. The number of hydrogen-bond acceptors (Lipinski definition) is 5. The molecule has 4 rings (SSSR count). The molecule has 7 heteroatoms. The molecule has 0 N–H and O–H groups in total. The molecule has 6 nitrogen and oxygen atoms in total. The molecule has 1 saturated heterocycles. The van der Waals surface area contributed by atoms with E-state index in [1.54, 1.807) is 31.2 Å². The number of rotatable bonds is 4. The molecule has 1 aliphatic heterocycles. The third kappa shape index (κ3) is 2.21. The predicted molar refractivity (Wildman–Crippen MR) is 103 cm³/mol. The van der Waals surface area contributed by atoms with Crippen molar-refractivity contribution in [2.75, 3.05) is 6.61 Å². The summed E-state index contributed by atoms with van der Waals surface area (Å²) in [7, 11) is 0. The number of ether oxygens (including phenoxy) is 1. The zero-order valence-corrected chi connectivity index (χ0v) is 17.2. The second kappa shape index (κ2) is 6.70. The maximum absolute atomic E-state index is 13.6. The van der Waals surface area contributed by atoms with Crippen molar-refractivity contribution in [2.45, 2.75) is 51.0 Å². The summed E-state index contributed by atoms with van der Waals surface area (Å²) >= 11 is 3.36. The summed E-state index contributed by atoms with van der Waals surface area (Å²) in [6, 6.07) is 8.90. The molecule has 28 heavy (non-hydrogen) atoms. The number of amides is 2. The van der Waals surface area contributed by atoms with Gasteiger partial charge in [-0.25, -0.2) is 0 Å².